The number of hydrogen-bond donors (Lipinski definition) is 2. The van der Waals surface area contributed by atoms with Gasteiger partial charge in [-0.15, -0.1) is 0 Å². The molecule has 0 saturated heterocycles. The van der Waals surface area contributed by atoms with Crippen molar-refractivity contribution in [2.45, 2.75) is 12.5 Å². The number of carbonyl (C=O) groups excluding carboxylic acids is 1. The lowest BCUT2D eigenvalue weighted by Crippen LogP contribution is -2.37. The van der Waals surface area contributed by atoms with Crippen LogP contribution in [0.2, 0.25) is 5.02 Å². The van der Waals surface area contributed by atoms with Crippen LogP contribution in [0.5, 0.6) is 0 Å². The van der Waals surface area contributed by atoms with Crippen molar-refractivity contribution in [2.75, 3.05) is 20.6 Å². The minimum absolute atomic E-state index is 0.0958. The van der Waals surface area contributed by atoms with Crippen LogP contribution in [0, 0.1) is 0 Å². The molecule has 1 unspecified atom stereocenters. The van der Waals surface area contributed by atoms with E-state index in [1.807, 2.05) is 6.07 Å². The van der Waals surface area contributed by atoms with Gasteiger partial charge in [0.15, 0.2) is 0 Å². The Balaban J connectivity index is 2.77. The number of hydrogen-bond acceptors (Lipinski definition) is 3. The Morgan fingerprint density at radius 2 is 2.11 bits per heavy atom. The van der Waals surface area contributed by atoms with Crippen LogP contribution in [0.25, 0.3) is 0 Å². The number of carboxylic acid groups (broad SMARTS) is 1. The molecule has 0 bridgehead atoms. The summed E-state index contributed by atoms with van der Waals surface area (Å²) >= 11 is 5.92. The molecule has 2 N–H and O–H groups in total. The van der Waals surface area contributed by atoms with E-state index in [0.717, 1.165) is 5.56 Å². The second kappa shape index (κ2) is 7.11. The van der Waals surface area contributed by atoms with Crippen molar-refractivity contribution in [2.24, 2.45) is 0 Å². The Morgan fingerprint density at radius 3 is 2.63 bits per heavy atom. The summed E-state index contributed by atoms with van der Waals surface area (Å²) in [6.07, 6.45) is -0.0958. The van der Waals surface area contributed by atoms with E-state index in [4.69, 9.17) is 16.7 Å². The van der Waals surface area contributed by atoms with Crippen LogP contribution in [-0.2, 0) is 9.59 Å². The first kappa shape index (κ1) is 15.5. The lowest BCUT2D eigenvalue weighted by atomic mass is 10.1. The molecule has 104 valence electrons. The van der Waals surface area contributed by atoms with E-state index < -0.39 is 12.0 Å². The maximum absolute atomic E-state index is 12.1. The van der Waals surface area contributed by atoms with Crippen molar-refractivity contribution >= 4 is 23.5 Å². The fourth-order valence-electron chi connectivity index (χ4n) is 1.75. The second-order valence-corrected chi connectivity index (χ2v) is 4.79. The Hall–Kier alpha value is -1.59. The summed E-state index contributed by atoms with van der Waals surface area (Å²) in [6.45, 7) is 0.110. The summed E-state index contributed by atoms with van der Waals surface area (Å²) in [5, 5.41) is 11.7. The second-order valence-electron chi connectivity index (χ2n) is 4.36. The summed E-state index contributed by atoms with van der Waals surface area (Å²) in [6, 6.07) is 6.56. The first-order valence-corrected chi connectivity index (χ1v) is 6.21. The molecular weight excluding hydrogens is 268 g/mol. The number of nitrogens with one attached hydrogen (secondary N) is 1. The SMILES string of the molecule is CN(C)C(C(=O)NCCC(=O)O)c1cccc(Cl)c1. The van der Waals surface area contributed by atoms with E-state index in [9.17, 15) is 9.59 Å². The molecule has 0 saturated carbocycles. The van der Waals surface area contributed by atoms with E-state index in [2.05, 4.69) is 5.32 Å². The van der Waals surface area contributed by atoms with Gasteiger partial charge in [-0.25, -0.2) is 0 Å². The fraction of sp³-hybridized carbons (Fsp3) is 0.385. The molecule has 0 aliphatic carbocycles. The number of nitrogens with zero attached hydrogens (tertiary/aromatic N) is 1. The van der Waals surface area contributed by atoms with Gasteiger partial charge in [0, 0.05) is 11.6 Å². The standard InChI is InChI=1S/C13H17ClN2O3/c1-16(2)12(9-4-3-5-10(14)8-9)13(19)15-7-6-11(17)18/h3-5,8,12H,6-7H2,1-2H3,(H,15,19)(H,17,18). The van der Waals surface area contributed by atoms with Gasteiger partial charge in [0.2, 0.25) is 5.91 Å². The third-order valence-corrected chi connectivity index (χ3v) is 2.80. The maximum Gasteiger partial charge on any atom is 0.305 e. The van der Waals surface area contributed by atoms with Crippen LogP contribution >= 0.6 is 11.6 Å². The van der Waals surface area contributed by atoms with Gasteiger partial charge in [0.1, 0.15) is 6.04 Å². The highest BCUT2D eigenvalue weighted by atomic mass is 35.5. The maximum atomic E-state index is 12.1. The van der Waals surface area contributed by atoms with Gasteiger partial charge in [-0.3, -0.25) is 14.5 Å². The van der Waals surface area contributed by atoms with Crippen LogP contribution in [0.4, 0.5) is 0 Å². The van der Waals surface area contributed by atoms with E-state index in [1.54, 1.807) is 37.2 Å². The molecule has 0 radical (unpaired) electrons. The summed E-state index contributed by atoms with van der Waals surface area (Å²) in [5.74, 6) is -1.18. The van der Waals surface area contributed by atoms with Gasteiger partial charge in [0.05, 0.1) is 6.42 Å². The Morgan fingerprint density at radius 1 is 1.42 bits per heavy atom. The number of rotatable bonds is 6. The molecule has 1 rings (SSSR count). The highest BCUT2D eigenvalue weighted by Crippen LogP contribution is 2.21. The molecular formula is C13H17ClN2O3. The third kappa shape index (κ3) is 4.89. The number of amides is 1. The lowest BCUT2D eigenvalue weighted by Gasteiger charge is -2.23. The zero-order valence-corrected chi connectivity index (χ0v) is 11.6. The number of halogens is 1. The molecule has 1 atom stereocenters. The molecule has 0 aliphatic rings. The van der Waals surface area contributed by atoms with Crippen LogP contribution in [0.15, 0.2) is 24.3 Å². The van der Waals surface area contributed by atoms with Crippen LogP contribution in [0.1, 0.15) is 18.0 Å². The van der Waals surface area contributed by atoms with Gasteiger partial charge in [-0.2, -0.15) is 0 Å². The predicted molar refractivity (Wildman–Crippen MR) is 73.1 cm³/mol. The average Bonchev–Trinajstić information content (AvgIpc) is 2.28. The van der Waals surface area contributed by atoms with Crippen molar-refractivity contribution in [3.8, 4) is 0 Å². The van der Waals surface area contributed by atoms with Crippen molar-refractivity contribution in [1.29, 1.82) is 0 Å². The molecule has 0 aromatic heterocycles. The van der Waals surface area contributed by atoms with Crippen molar-refractivity contribution < 1.29 is 14.7 Å². The zero-order chi connectivity index (χ0) is 14.4. The number of benzene rings is 1. The topological polar surface area (TPSA) is 69.6 Å². The molecule has 1 amide bonds. The van der Waals surface area contributed by atoms with E-state index in [-0.39, 0.29) is 18.9 Å². The molecule has 1 aromatic carbocycles. The highest BCUT2D eigenvalue weighted by Gasteiger charge is 2.22. The van der Waals surface area contributed by atoms with E-state index >= 15 is 0 Å². The summed E-state index contributed by atoms with van der Waals surface area (Å²) in [5.41, 5.74) is 0.769. The molecule has 0 heterocycles. The van der Waals surface area contributed by atoms with Gasteiger partial charge >= 0.3 is 5.97 Å². The average molecular weight is 285 g/mol. The van der Waals surface area contributed by atoms with Crippen molar-refractivity contribution in [3.05, 3.63) is 34.9 Å². The summed E-state index contributed by atoms with van der Waals surface area (Å²) in [7, 11) is 3.56. The smallest absolute Gasteiger partial charge is 0.305 e. The van der Waals surface area contributed by atoms with Crippen molar-refractivity contribution in [1.82, 2.24) is 10.2 Å². The first-order chi connectivity index (χ1) is 8.91. The lowest BCUT2D eigenvalue weighted by molar-refractivity contribution is -0.137. The fourth-order valence-corrected chi connectivity index (χ4v) is 1.95. The molecule has 0 fully saturated rings. The summed E-state index contributed by atoms with van der Waals surface area (Å²) < 4.78 is 0. The Bertz CT molecular complexity index is 463. The molecule has 5 nitrogen and oxygen atoms in total. The third-order valence-electron chi connectivity index (χ3n) is 2.57. The molecule has 6 heteroatoms. The van der Waals surface area contributed by atoms with E-state index in [1.165, 1.54) is 0 Å². The highest BCUT2D eigenvalue weighted by molar-refractivity contribution is 6.30. The number of carboxylic acids is 1. The predicted octanol–water partition coefficient (Wildman–Crippen LogP) is 1.53. The largest absolute Gasteiger partial charge is 0.481 e. The van der Waals surface area contributed by atoms with Gasteiger partial charge in [0.25, 0.3) is 0 Å². The van der Waals surface area contributed by atoms with E-state index in [0.29, 0.717) is 5.02 Å². The van der Waals surface area contributed by atoms with Crippen LogP contribution in [-0.4, -0.2) is 42.5 Å². The van der Waals surface area contributed by atoms with Gasteiger partial charge < -0.3 is 10.4 Å². The monoisotopic (exact) mass is 284 g/mol. The zero-order valence-electron chi connectivity index (χ0n) is 10.9. The Kier molecular flexibility index (Phi) is 5.79. The number of aliphatic carboxylic acids is 1. The van der Waals surface area contributed by atoms with Gasteiger partial charge in [-0.1, -0.05) is 23.7 Å². The van der Waals surface area contributed by atoms with Crippen LogP contribution < -0.4 is 5.32 Å². The van der Waals surface area contributed by atoms with Crippen molar-refractivity contribution in [3.63, 3.8) is 0 Å². The molecule has 1 aromatic rings. The normalized spacial score (nSPS) is 12.2. The number of carbonyl (C=O) groups is 2. The first-order valence-electron chi connectivity index (χ1n) is 5.83. The Labute approximate surface area is 117 Å². The quantitative estimate of drug-likeness (QED) is 0.831. The minimum Gasteiger partial charge on any atom is -0.481 e. The summed E-state index contributed by atoms with van der Waals surface area (Å²) in [4.78, 5) is 24.3. The van der Waals surface area contributed by atoms with Gasteiger partial charge in [-0.05, 0) is 31.8 Å². The molecule has 0 aliphatic heterocycles. The van der Waals surface area contributed by atoms with Crippen LogP contribution in [0.3, 0.4) is 0 Å². The molecule has 0 spiro atoms. The number of likely N-dealkylation sites (N-methyl/N-ethyl adjacent to an activating group) is 1. The minimum atomic E-state index is -0.940. The molecule has 19 heavy (non-hydrogen) atoms.